The zero-order valence-electron chi connectivity index (χ0n) is 10.8. The molecule has 1 aliphatic carbocycles. The molecule has 0 radical (unpaired) electrons. The molecule has 0 spiro atoms. The highest BCUT2D eigenvalue weighted by Gasteiger charge is 2.13. The molecular weight excluding hydrogens is 232 g/mol. The van der Waals surface area contributed by atoms with E-state index in [1.54, 1.807) is 6.20 Å². The second-order valence-electron chi connectivity index (χ2n) is 4.54. The van der Waals surface area contributed by atoms with E-state index in [4.69, 9.17) is 0 Å². The van der Waals surface area contributed by atoms with Gasteiger partial charge in [-0.15, -0.1) is 0 Å². The zero-order chi connectivity index (χ0) is 13.2. The monoisotopic (exact) mass is 248 g/mol. The summed E-state index contributed by atoms with van der Waals surface area (Å²) in [5.74, 6) is 0. The van der Waals surface area contributed by atoms with Crippen molar-refractivity contribution in [1.29, 1.82) is 0 Å². The fourth-order valence-electron chi connectivity index (χ4n) is 2.74. The summed E-state index contributed by atoms with van der Waals surface area (Å²) < 4.78 is 2.05. The van der Waals surface area contributed by atoms with Crippen molar-refractivity contribution in [2.75, 3.05) is 0 Å². The van der Waals surface area contributed by atoms with E-state index in [0.29, 0.717) is 0 Å². The second-order valence-corrected chi connectivity index (χ2v) is 4.54. The summed E-state index contributed by atoms with van der Waals surface area (Å²) in [4.78, 5) is 4.44. The third kappa shape index (κ3) is 1.76. The highest BCUT2D eigenvalue weighted by atomic mass is 15.0. The van der Waals surface area contributed by atoms with Gasteiger partial charge >= 0.3 is 0 Å². The Hall–Kier alpha value is -2.35. The molecule has 0 atom stereocenters. The summed E-state index contributed by atoms with van der Waals surface area (Å²) >= 11 is 0. The first kappa shape index (κ1) is 11.7. The Balaban J connectivity index is 2.60. The van der Waals surface area contributed by atoms with Crippen molar-refractivity contribution < 1.29 is 0 Å². The number of aryl methyl sites for hydroxylation is 1. The van der Waals surface area contributed by atoms with Gasteiger partial charge in [0.05, 0.1) is 5.69 Å². The molecular formula is C17H16N2. The first-order valence-corrected chi connectivity index (χ1v) is 6.46. The lowest BCUT2D eigenvalue weighted by Gasteiger charge is -2.19. The van der Waals surface area contributed by atoms with Crippen LogP contribution >= 0.6 is 0 Å². The number of hydrogen-bond acceptors (Lipinski definition) is 1. The maximum absolute atomic E-state index is 4.44. The van der Waals surface area contributed by atoms with Crippen molar-refractivity contribution >= 4 is 23.0 Å². The van der Waals surface area contributed by atoms with Gasteiger partial charge in [0.2, 0.25) is 0 Å². The molecule has 0 fully saturated rings. The molecule has 0 bridgehead atoms. The average Bonchev–Trinajstić information content (AvgIpc) is 2.48. The van der Waals surface area contributed by atoms with Crippen molar-refractivity contribution in [2.45, 2.75) is 12.8 Å². The molecule has 1 heterocycles. The fraction of sp³-hybridized carbons (Fsp3) is 0.118. The SMILES string of the molecule is C=C/N=c1/c2ccccc2c2c(n1C=C)C=CCC2. The van der Waals surface area contributed by atoms with Crippen LogP contribution in [0.15, 0.2) is 54.7 Å². The van der Waals surface area contributed by atoms with Gasteiger partial charge in [0, 0.05) is 17.8 Å². The molecule has 0 aliphatic heterocycles. The highest BCUT2D eigenvalue weighted by Crippen LogP contribution is 2.25. The van der Waals surface area contributed by atoms with Crippen molar-refractivity contribution in [3.8, 4) is 0 Å². The van der Waals surface area contributed by atoms with Gasteiger partial charge in [0.1, 0.15) is 5.49 Å². The molecule has 0 saturated heterocycles. The van der Waals surface area contributed by atoms with Crippen LogP contribution in [0.4, 0.5) is 0 Å². The molecule has 2 nitrogen and oxygen atoms in total. The molecule has 0 saturated carbocycles. The number of fused-ring (bicyclic) bond motifs is 3. The standard InChI is InChI=1S/C17H16N2/c1-3-18-17-15-11-6-5-9-13(15)14-10-7-8-12-16(14)19(17)4-2/h3-6,8-9,11-12H,1-2,7,10H2/b18-17-. The molecule has 0 unspecified atom stereocenters. The smallest absolute Gasteiger partial charge is 0.144 e. The van der Waals surface area contributed by atoms with E-state index in [2.05, 4.69) is 53.1 Å². The van der Waals surface area contributed by atoms with Crippen LogP contribution < -0.4 is 5.49 Å². The van der Waals surface area contributed by atoms with Gasteiger partial charge in [-0.2, -0.15) is 0 Å². The molecule has 0 amide bonds. The van der Waals surface area contributed by atoms with Crippen LogP contribution in [0.5, 0.6) is 0 Å². The first-order valence-electron chi connectivity index (χ1n) is 6.46. The van der Waals surface area contributed by atoms with Gasteiger partial charge in [-0.05, 0) is 29.9 Å². The van der Waals surface area contributed by atoms with Crippen LogP contribution in [0.25, 0.3) is 23.0 Å². The van der Waals surface area contributed by atoms with Crippen LogP contribution in [0.1, 0.15) is 17.7 Å². The van der Waals surface area contributed by atoms with Crippen LogP contribution in [0.2, 0.25) is 0 Å². The third-order valence-electron chi connectivity index (χ3n) is 3.52. The Kier molecular flexibility index (Phi) is 2.92. The Labute approximate surface area is 112 Å². The number of allylic oxidation sites excluding steroid dienone is 1. The maximum atomic E-state index is 4.44. The van der Waals surface area contributed by atoms with Crippen LogP contribution in [-0.2, 0) is 6.42 Å². The number of aromatic nitrogens is 1. The van der Waals surface area contributed by atoms with Crippen LogP contribution in [0.3, 0.4) is 0 Å². The predicted octanol–water partition coefficient (Wildman–Crippen LogP) is 3.75. The van der Waals surface area contributed by atoms with E-state index in [1.165, 1.54) is 16.6 Å². The van der Waals surface area contributed by atoms with Gasteiger partial charge in [-0.25, -0.2) is 4.99 Å². The predicted molar refractivity (Wildman–Crippen MR) is 81.4 cm³/mol. The van der Waals surface area contributed by atoms with Gasteiger partial charge in [-0.3, -0.25) is 0 Å². The van der Waals surface area contributed by atoms with Crippen molar-refractivity contribution in [3.63, 3.8) is 0 Å². The van der Waals surface area contributed by atoms with Gasteiger partial charge in [-0.1, -0.05) is 43.5 Å². The number of rotatable bonds is 2. The minimum Gasteiger partial charge on any atom is -0.302 e. The molecule has 19 heavy (non-hydrogen) atoms. The van der Waals surface area contributed by atoms with E-state index in [-0.39, 0.29) is 0 Å². The van der Waals surface area contributed by atoms with Crippen molar-refractivity contribution in [1.82, 2.24) is 4.57 Å². The molecule has 1 aliphatic rings. The summed E-state index contributed by atoms with van der Waals surface area (Å²) in [6, 6.07) is 8.40. The summed E-state index contributed by atoms with van der Waals surface area (Å²) in [5.41, 5.74) is 3.45. The lowest BCUT2D eigenvalue weighted by atomic mass is 9.95. The minimum absolute atomic E-state index is 0.894. The van der Waals surface area contributed by atoms with Crippen molar-refractivity contribution in [3.05, 3.63) is 66.4 Å². The average molecular weight is 248 g/mol. The minimum atomic E-state index is 0.894. The van der Waals surface area contributed by atoms with Gasteiger partial charge < -0.3 is 4.57 Å². The second kappa shape index (κ2) is 4.73. The Morgan fingerprint density at radius 2 is 1.95 bits per heavy atom. The largest absolute Gasteiger partial charge is 0.302 e. The number of pyridine rings is 1. The fourth-order valence-corrected chi connectivity index (χ4v) is 2.74. The van der Waals surface area contributed by atoms with E-state index in [0.717, 1.165) is 23.7 Å². The third-order valence-corrected chi connectivity index (χ3v) is 3.52. The molecule has 3 rings (SSSR count). The number of benzene rings is 1. The van der Waals surface area contributed by atoms with E-state index >= 15 is 0 Å². The quantitative estimate of drug-likeness (QED) is 0.770. The maximum Gasteiger partial charge on any atom is 0.144 e. The lowest BCUT2D eigenvalue weighted by molar-refractivity contribution is 0.924. The lowest BCUT2D eigenvalue weighted by Crippen LogP contribution is -2.22. The number of nitrogens with zero attached hydrogens (tertiary/aromatic N) is 2. The molecule has 2 aromatic rings. The van der Waals surface area contributed by atoms with E-state index < -0.39 is 0 Å². The Bertz CT molecular complexity index is 761. The van der Waals surface area contributed by atoms with Gasteiger partial charge in [0.25, 0.3) is 0 Å². The summed E-state index contributed by atoms with van der Waals surface area (Å²) in [6.45, 7) is 7.64. The number of hydrogen-bond donors (Lipinski definition) is 0. The molecule has 94 valence electrons. The topological polar surface area (TPSA) is 17.3 Å². The summed E-state index contributed by atoms with van der Waals surface area (Å²) in [5, 5.41) is 2.43. The molecule has 0 N–H and O–H groups in total. The summed E-state index contributed by atoms with van der Waals surface area (Å²) in [6.07, 6.45) is 9.93. The Morgan fingerprint density at radius 1 is 1.16 bits per heavy atom. The van der Waals surface area contributed by atoms with Crippen molar-refractivity contribution in [2.24, 2.45) is 4.99 Å². The highest BCUT2D eigenvalue weighted by molar-refractivity contribution is 5.88. The zero-order valence-corrected chi connectivity index (χ0v) is 10.8. The van der Waals surface area contributed by atoms with Crippen LogP contribution in [0, 0.1) is 0 Å². The molecule has 1 aromatic carbocycles. The molecule has 2 heteroatoms. The molecule has 1 aromatic heterocycles. The normalized spacial score (nSPS) is 14.4. The first-order chi connectivity index (χ1) is 9.36. The van der Waals surface area contributed by atoms with E-state index in [1.807, 2.05) is 12.3 Å². The summed E-state index contributed by atoms with van der Waals surface area (Å²) in [7, 11) is 0. The van der Waals surface area contributed by atoms with E-state index in [9.17, 15) is 0 Å². The van der Waals surface area contributed by atoms with Gasteiger partial charge in [0.15, 0.2) is 0 Å². The Morgan fingerprint density at radius 3 is 2.68 bits per heavy atom. The van der Waals surface area contributed by atoms with Crippen LogP contribution in [-0.4, -0.2) is 4.57 Å².